The summed E-state index contributed by atoms with van der Waals surface area (Å²) in [7, 11) is 0. The largest absolute Gasteiger partial charge is 0.338 e. The van der Waals surface area contributed by atoms with E-state index >= 15 is 0 Å². The molecule has 2 aromatic heterocycles. The average Bonchev–Trinajstić information content (AvgIpc) is 3.45. The number of nitriles is 1. The van der Waals surface area contributed by atoms with Crippen LogP contribution in [0.3, 0.4) is 0 Å². The number of pyridine rings is 1. The maximum Gasteiger partial charge on any atom is 0.246 e. The number of fused-ring (bicyclic) bond motifs is 2. The van der Waals surface area contributed by atoms with E-state index in [0.717, 1.165) is 65.4 Å². The zero-order valence-corrected chi connectivity index (χ0v) is 22.4. The lowest BCUT2D eigenvalue weighted by molar-refractivity contribution is -0.125. The van der Waals surface area contributed by atoms with Crippen molar-refractivity contribution in [3.05, 3.63) is 70.0 Å². The summed E-state index contributed by atoms with van der Waals surface area (Å²) in [6.07, 6.45) is 5.50. The van der Waals surface area contributed by atoms with Gasteiger partial charge in [0.1, 0.15) is 11.7 Å². The Balaban J connectivity index is 1.75. The Morgan fingerprint density at radius 3 is 2.61 bits per heavy atom. The molecule has 0 spiro atoms. The Hall–Kier alpha value is -3.04. The van der Waals surface area contributed by atoms with Crippen LogP contribution in [0.5, 0.6) is 0 Å². The van der Waals surface area contributed by atoms with E-state index in [1.807, 2.05) is 22.7 Å². The van der Waals surface area contributed by atoms with Crippen molar-refractivity contribution < 1.29 is 4.79 Å². The average molecular weight is 499 g/mol. The quantitative estimate of drug-likeness (QED) is 0.389. The SMILES string of the molecule is CC(C)c1cc(C(C)C)c2c(C#N)c(/C=C/C(=O)N3CCSCC3)n(C3CCc4ccccc43)c2n1. The minimum Gasteiger partial charge on any atom is -0.338 e. The highest BCUT2D eigenvalue weighted by atomic mass is 32.2. The summed E-state index contributed by atoms with van der Waals surface area (Å²) in [5, 5.41) is 11.4. The van der Waals surface area contributed by atoms with E-state index in [9.17, 15) is 10.1 Å². The Labute approximate surface area is 218 Å². The molecule has 1 atom stereocenters. The number of nitrogens with zero attached hydrogens (tertiary/aromatic N) is 4. The molecule has 1 amide bonds. The summed E-state index contributed by atoms with van der Waals surface area (Å²) in [6.45, 7) is 10.2. The maximum atomic E-state index is 13.1. The van der Waals surface area contributed by atoms with Gasteiger partial charge in [-0.05, 0) is 53.5 Å². The van der Waals surface area contributed by atoms with E-state index in [4.69, 9.17) is 4.98 Å². The number of hydrogen-bond acceptors (Lipinski definition) is 4. The van der Waals surface area contributed by atoms with E-state index < -0.39 is 0 Å². The van der Waals surface area contributed by atoms with Crippen molar-refractivity contribution in [1.29, 1.82) is 5.26 Å². The van der Waals surface area contributed by atoms with Crippen molar-refractivity contribution in [3.63, 3.8) is 0 Å². The molecule has 1 unspecified atom stereocenters. The van der Waals surface area contributed by atoms with Gasteiger partial charge in [0.05, 0.1) is 17.3 Å². The van der Waals surface area contributed by atoms with Gasteiger partial charge in [-0.3, -0.25) is 4.79 Å². The number of thioether (sulfide) groups is 1. The molecule has 3 aromatic rings. The summed E-state index contributed by atoms with van der Waals surface area (Å²) < 4.78 is 2.26. The number of rotatable bonds is 5. The highest BCUT2D eigenvalue weighted by molar-refractivity contribution is 7.99. The number of aryl methyl sites for hydroxylation is 1. The van der Waals surface area contributed by atoms with Crippen LogP contribution >= 0.6 is 11.8 Å². The molecule has 5 nitrogen and oxygen atoms in total. The molecule has 36 heavy (non-hydrogen) atoms. The number of hydrogen-bond donors (Lipinski definition) is 0. The Kier molecular flexibility index (Phi) is 6.94. The first kappa shape index (κ1) is 24.6. The van der Waals surface area contributed by atoms with Crippen molar-refractivity contribution in [3.8, 4) is 6.07 Å². The molecule has 1 aliphatic heterocycles. The number of aromatic nitrogens is 2. The van der Waals surface area contributed by atoms with Crippen molar-refractivity contribution in [2.45, 2.75) is 58.4 Å². The molecule has 0 saturated carbocycles. The summed E-state index contributed by atoms with van der Waals surface area (Å²) in [5.74, 6) is 2.48. The number of carbonyl (C=O) groups is 1. The third kappa shape index (κ3) is 4.35. The van der Waals surface area contributed by atoms with E-state index in [2.05, 4.69) is 68.7 Å². The van der Waals surface area contributed by atoms with Crippen LogP contribution < -0.4 is 0 Å². The first-order valence-corrected chi connectivity index (χ1v) is 14.2. The van der Waals surface area contributed by atoms with E-state index in [-0.39, 0.29) is 23.8 Å². The molecule has 5 rings (SSSR count). The lowest BCUT2D eigenvalue weighted by Gasteiger charge is -2.25. The molecule has 1 saturated heterocycles. The zero-order chi connectivity index (χ0) is 25.4. The normalized spacial score (nSPS) is 17.9. The molecule has 0 bridgehead atoms. The van der Waals surface area contributed by atoms with Crippen LogP contribution in [0.2, 0.25) is 0 Å². The standard InChI is InChI=1S/C30H34N4OS/c1-19(2)23-17-25(20(3)4)32-30-29(23)24(18-31)27(11-12-28(35)33-13-15-36-16-14-33)34(30)26-10-9-21-7-5-6-8-22(21)26/h5-8,11-12,17,19-20,26H,9-10,13-16H2,1-4H3/b12-11+. The Bertz CT molecular complexity index is 1370. The molecule has 1 fully saturated rings. The van der Waals surface area contributed by atoms with Crippen LogP contribution in [0.25, 0.3) is 17.1 Å². The van der Waals surface area contributed by atoms with Crippen molar-refractivity contribution in [2.75, 3.05) is 24.6 Å². The number of amides is 1. The van der Waals surface area contributed by atoms with E-state index in [0.29, 0.717) is 5.56 Å². The van der Waals surface area contributed by atoms with Crippen molar-refractivity contribution >= 4 is 34.8 Å². The fourth-order valence-corrected chi connectivity index (χ4v) is 6.45. The van der Waals surface area contributed by atoms with Gasteiger partial charge in [0.15, 0.2) is 0 Å². The summed E-state index contributed by atoms with van der Waals surface area (Å²) in [6, 6.07) is 13.4. The molecule has 0 radical (unpaired) electrons. The predicted octanol–water partition coefficient (Wildman–Crippen LogP) is 6.28. The van der Waals surface area contributed by atoms with Gasteiger partial charge in [-0.2, -0.15) is 17.0 Å². The van der Waals surface area contributed by atoms with Crippen LogP contribution in [0.4, 0.5) is 0 Å². The monoisotopic (exact) mass is 498 g/mol. The van der Waals surface area contributed by atoms with Gasteiger partial charge in [0.2, 0.25) is 5.91 Å². The molecule has 6 heteroatoms. The van der Waals surface area contributed by atoms with Gasteiger partial charge in [-0.15, -0.1) is 0 Å². The Morgan fingerprint density at radius 1 is 1.17 bits per heavy atom. The predicted molar refractivity (Wildman–Crippen MR) is 148 cm³/mol. The Morgan fingerprint density at radius 2 is 1.92 bits per heavy atom. The summed E-state index contributed by atoms with van der Waals surface area (Å²) in [4.78, 5) is 20.1. The first-order valence-electron chi connectivity index (χ1n) is 13.0. The smallest absolute Gasteiger partial charge is 0.246 e. The minimum absolute atomic E-state index is 0.0164. The van der Waals surface area contributed by atoms with Gasteiger partial charge in [0, 0.05) is 41.8 Å². The lowest BCUT2D eigenvalue weighted by Crippen LogP contribution is -2.36. The third-order valence-electron chi connectivity index (χ3n) is 7.49. The fraction of sp³-hybridized carbons (Fsp3) is 0.433. The minimum atomic E-state index is 0.0164. The molecule has 0 N–H and O–H groups in total. The van der Waals surface area contributed by atoms with Crippen LogP contribution in [0.15, 0.2) is 36.4 Å². The maximum absolute atomic E-state index is 13.1. The molecule has 1 aromatic carbocycles. The lowest BCUT2D eigenvalue weighted by atomic mass is 9.95. The number of carbonyl (C=O) groups excluding carboxylic acids is 1. The molecule has 1 aliphatic carbocycles. The molecule has 186 valence electrons. The van der Waals surface area contributed by atoms with Crippen molar-refractivity contribution in [2.24, 2.45) is 0 Å². The second-order valence-corrected chi connectivity index (χ2v) is 11.6. The zero-order valence-electron chi connectivity index (χ0n) is 21.6. The highest BCUT2D eigenvalue weighted by Gasteiger charge is 2.31. The first-order chi connectivity index (χ1) is 17.4. The summed E-state index contributed by atoms with van der Waals surface area (Å²) >= 11 is 1.89. The fourth-order valence-electron chi connectivity index (χ4n) is 5.55. The van der Waals surface area contributed by atoms with Gasteiger partial charge >= 0.3 is 0 Å². The topological polar surface area (TPSA) is 61.9 Å². The molecular formula is C30H34N4OS. The van der Waals surface area contributed by atoms with Gasteiger partial charge in [-0.1, -0.05) is 52.0 Å². The summed E-state index contributed by atoms with van der Waals surface area (Å²) in [5.41, 5.74) is 7.12. The third-order valence-corrected chi connectivity index (χ3v) is 8.43. The molecule has 3 heterocycles. The van der Waals surface area contributed by atoms with Gasteiger partial charge in [0.25, 0.3) is 0 Å². The van der Waals surface area contributed by atoms with Crippen LogP contribution in [-0.4, -0.2) is 45.0 Å². The van der Waals surface area contributed by atoms with Gasteiger partial charge in [-0.25, -0.2) is 4.98 Å². The highest BCUT2D eigenvalue weighted by Crippen LogP contribution is 2.42. The van der Waals surface area contributed by atoms with Crippen LogP contribution in [0.1, 0.15) is 85.6 Å². The van der Waals surface area contributed by atoms with Gasteiger partial charge < -0.3 is 9.47 Å². The molecule has 2 aliphatic rings. The second-order valence-electron chi connectivity index (χ2n) is 10.4. The number of benzene rings is 1. The van der Waals surface area contributed by atoms with Crippen LogP contribution in [0, 0.1) is 11.3 Å². The van der Waals surface area contributed by atoms with E-state index in [1.165, 1.54) is 11.1 Å². The van der Waals surface area contributed by atoms with Crippen molar-refractivity contribution in [1.82, 2.24) is 14.5 Å². The van der Waals surface area contributed by atoms with E-state index in [1.54, 1.807) is 6.08 Å². The molecular weight excluding hydrogens is 464 g/mol. The second kappa shape index (κ2) is 10.1. The van der Waals surface area contributed by atoms with Crippen LogP contribution in [-0.2, 0) is 11.2 Å².